The molecule has 0 fully saturated rings. The van der Waals surface area contributed by atoms with Crippen LogP contribution in [0, 0.1) is 0 Å². The van der Waals surface area contributed by atoms with Crippen LogP contribution in [-0.2, 0) is 6.18 Å². The summed E-state index contributed by atoms with van der Waals surface area (Å²) in [7, 11) is 0. The van der Waals surface area contributed by atoms with Crippen LogP contribution in [0.2, 0.25) is 0 Å². The molecule has 2 N–H and O–H groups in total. The van der Waals surface area contributed by atoms with Gasteiger partial charge in [-0.25, -0.2) is 4.98 Å². The fraction of sp³-hybridized carbons (Fsp3) is 0.615. The van der Waals surface area contributed by atoms with Gasteiger partial charge < -0.3 is 10.6 Å². The average molecular weight is 275 g/mol. The lowest BCUT2D eigenvalue weighted by Crippen LogP contribution is -2.19. The molecule has 0 saturated carbocycles. The number of alkyl halides is 3. The first kappa shape index (κ1) is 15.6. The first-order valence-corrected chi connectivity index (χ1v) is 6.50. The number of aromatic nitrogens is 1. The van der Waals surface area contributed by atoms with Crippen LogP contribution in [0.25, 0.3) is 0 Å². The molecule has 3 nitrogen and oxygen atoms in total. The van der Waals surface area contributed by atoms with Crippen molar-refractivity contribution in [2.75, 3.05) is 17.2 Å². The van der Waals surface area contributed by atoms with Crippen LogP contribution in [-0.4, -0.2) is 17.6 Å². The van der Waals surface area contributed by atoms with Crippen LogP contribution in [0.5, 0.6) is 0 Å². The quantitative estimate of drug-likeness (QED) is 0.819. The minimum Gasteiger partial charge on any atom is -0.370 e. The zero-order valence-electron chi connectivity index (χ0n) is 11.4. The van der Waals surface area contributed by atoms with Crippen molar-refractivity contribution in [2.45, 2.75) is 45.8 Å². The minimum atomic E-state index is -4.36. The van der Waals surface area contributed by atoms with E-state index < -0.39 is 11.7 Å². The summed E-state index contributed by atoms with van der Waals surface area (Å²) in [6.07, 6.45) is -2.69. The van der Waals surface area contributed by atoms with Crippen LogP contribution in [0.4, 0.5) is 24.8 Å². The van der Waals surface area contributed by atoms with E-state index in [1.807, 2.05) is 20.8 Å². The van der Waals surface area contributed by atoms with Crippen molar-refractivity contribution in [1.29, 1.82) is 0 Å². The summed E-state index contributed by atoms with van der Waals surface area (Å²) in [6.45, 7) is 6.31. The van der Waals surface area contributed by atoms with Gasteiger partial charge in [-0.05, 0) is 31.9 Å². The maximum Gasteiger partial charge on any atom is 0.416 e. The van der Waals surface area contributed by atoms with Crippen molar-refractivity contribution in [3.05, 3.63) is 17.7 Å². The van der Waals surface area contributed by atoms with Gasteiger partial charge in [0.25, 0.3) is 0 Å². The third kappa shape index (κ3) is 4.61. The molecule has 0 saturated heterocycles. The fourth-order valence-corrected chi connectivity index (χ4v) is 1.74. The summed E-state index contributed by atoms with van der Waals surface area (Å²) in [5.41, 5.74) is -0.688. The van der Waals surface area contributed by atoms with E-state index in [4.69, 9.17) is 0 Å². The van der Waals surface area contributed by atoms with E-state index in [0.717, 1.165) is 25.0 Å². The summed E-state index contributed by atoms with van der Waals surface area (Å²) in [5, 5.41) is 5.86. The van der Waals surface area contributed by atoms with E-state index in [1.165, 1.54) is 0 Å². The second-order valence-corrected chi connectivity index (χ2v) is 4.31. The normalized spacial score (nSPS) is 11.7. The topological polar surface area (TPSA) is 37.0 Å². The number of hydrogen-bond acceptors (Lipinski definition) is 3. The van der Waals surface area contributed by atoms with Gasteiger partial charge in [0.1, 0.15) is 11.6 Å². The largest absolute Gasteiger partial charge is 0.416 e. The Morgan fingerprint density at radius 3 is 2.16 bits per heavy atom. The number of nitrogens with zero attached hydrogens (tertiary/aromatic N) is 1. The van der Waals surface area contributed by atoms with Crippen molar-refractivity contribution >= 4 is 11.6 Å². The van der Waals surface area contributed by atoms with E-state index in [1.54, 1.807) is 0 Å². The van der Waals surface area contributed by atoms with E-state index in [2.05, 4.69) is 15.6 Å². The molecule has 0 radical (unpaired) electrons. The molecular formula is C13H20F3N3. The van der Waals surface area contributed by atoms with Gasteiger partial charge in [0, 0.05) is 12.6 Å². The molecule has 108 valence electrons. The van der Waals surface area contributed by atoms with Crippen molar-refractivity contribution in [3.8, 4) is 0 Å². The van der Waals surface area contributed by atoms with Gasteiger partial charge in [-0.2, -0.15) is 13.2 Å². The molecule has 0 aliphatic rings. The Morgan fingerprint density at radius 2 is 1.68 bits per heavy atom. The molecule has 0 amide bonds. The highest BCUT2D eigenvalue weighted by Crippen LogP contribution is 2.32. The maximum absolute atomic E-state index is 12.8. The molecule has 0 atom stereocenters. The Bertz CT molecular complexity index is 401. The highest BCUT2D eigenvalue weighted by molar-refractivity contribution is 5.50. The highest BCUT2D eigenvalue weighted by atomic mass is 19.4. The number of rotatable bonds is 6. The molecule has 6 heteroatoms. The van der Waals surface area contributed by atoms with Crippen molar-refractivity contribution in [2.24, 2.45) is 0 Å². The Morgan fingerprint density at radius 1 is 1.11 bits per heavy atom. The van der Waals surface area contributed by atoms with E-state index in [0.29, 0.717) is 6.54 Å². The van der Waals surface area contributed by atoms with E-state index in [9.17, 15) is 13.2 Å². The zero-order valence-corrected chi connectivity index (χ0v) is 11.4. The molecule has 0 aliphatic heterocycles. The highest BCUT2D eigenvalue weighted by Gasteiger charge is 2.31. The van der Waals surface area contributed by atoms with Crippen molar-refractivity contribution in [1.82, 2.24) is 4.98 Å². The summed E-state index contributed by atoms with van der Waals surface area (Å²) < 4.78 is 38.4. The van der Waals surface area contributed by atoms with Crippen molar-refractivity contribution in [3.63, 3.8) is 0 Å². The lowest BCUT2D eigenvalue weighted by molar-refractivity contribution is -0.137. The lowest BCUT2D eigenvalue weighted by atomic mass is 10.1. The molecular weight excluding hydrogens is 255 g/mol. The van der Waals surface area contributed by atoms with Gasteiger partial charge in [0.2, 0.25) is 0 Å². The summed E-state index contributed by atoms with van der Waals surface area (Å²) in [6, 6.07) is 2.21. The molecule has 1 aromatic rings. The fourth-order valence-electron chi connectivity index (χ4n) is 1.74. The van der Waals surface area contributed by atoms with E-state index in [-0.39, 0.29) is 17.7 Å². The summed E-state index contributed by atoms with van der Waals surface area (Å²) in [4.78, 5) is 4.15. The number of nitrogens with one attached hydrogen (secondary N) is 2. The van der Waals surface area contributed by atoms with Gasteiger partial charge in [-0.3, -0.25) is 0 Å². The van der Waals surface area contributed by atoms with Gasteiger partial charge in [-0.1, -0.05) is 13.8 Å². The van der Waals surface area contributed by atoms with E-state index >= 15 is 0 Å². The molecule has 0 unspecified atom stereocenters. The average Bonchev–Trinajstić information content (AvgIpc) is 2.35. The first-order valence-electron chi connectivity index (χ1n) is 6.50. The molecule has 19 heavy (non-hydrogen) atoms. The Balaban J connectivity index is 3.05. The SMILES string of the molecule is CCNc1cc(C(F)(F)F)cc(NC(CC)CC)n1. The molecule has 1 rings (SSSR count). The molecule has 0 aromatic carbocycles. The second kappa shape index (κ2) is 6.63. The van der Waals surface area contributed by atoms with Gasteiger partial charge in [-0.15, -0.1) is 0 Å². The second-order valence-electron chi connectivity index (χ2n) is 4.31. The minimum absolute atomic E-state index is 0.130. The zero-order chi connectivity index (χ0) is 14.5. The number of hydrogen-bond donors (Lipinski definition) is 2. The van der Waals surface area contributed by atoms with Gasteiger partial charge >= 0.3 is 6.18 Å². The Kier molecular flexibility index (Phi) is 5.44. The van der Waals surface area contributed by atoms with Gasteiger partial charge in [0.05, 0.1) is 5.56 Å². The van der Waals surface area contributed by atoms with Crippen molar-refractivity contribution < 1.29 is 13.2 Å². The third-order valence-electron chi connectivity index (χ3n) is 2.85. The maximum atomic E-state index is 12.8. The summed E-state index contributed by atoms with van der Waals surface area (Å²) in [5.74, 6) is 0.505. The molecule has 0 aliphatic carbocycles. The monoisotopic (exact) mass is 275 g/mol. The van der Waals surface area contributed by atoms with Crippen LogP contribution in [0.15, 0.2) is 12.1 Å². The smallest absolute Gasteiger partial charge is 0.370 e. The summed E-state index contributed by atoms with van der Waals surface area (Å²) >= 11 is 0. The Hall–Kier alpha value is -1.46. The number of anilines is 2. The van der Waals surface area contributed by atoms with Crippen LogP contribution in [0.3, 0.4) is 0 Å². The third-order valence-corrected chi connectivity index (χ3v) is 2.85. The molecule has 1 aromatic heterocycles. The Labute approximate surface area is 111 Å². The van der Waals surface area contributed by atoms with Gasteiger partial charge in [0.15, 0.2) is 0 Å². The van der Waals surface area contributed by atoms with Crippen LogP contribution in [0.1, 0.15) is 39.2 Å². The molecule has 0 spiro atoms. The first-order chi connectivity index (χ1) is 8.90. The number of pyridine rings is 1. The standard InChI is InChI=1S/C13H20F3N3/c1-4-10(5-2)18-12-8-9(13(14,15)16)7-11(19-12)17-6-3/h7-8,10H,4-6H2,1-3H3,(H2,17,18,19). The van der Waals surface area contributed by atoms with Crippen LogP contribution < -0.4 is 10.6 Å². The predicted octanol–water partition coefficient (Wildman–Crippen LogP) is 4.13. The predicted molar refractivity (Wildman–Crippen MR) is 71.4 cm³/mol. The molecule has 1 heterocycles. The number of halogens is 3. The van der Waals surface area contributed by atoms with Crippen LogP contribution >= 0.6 is 0 Å². The lowest BCUT2D eigenvalue weighted by Gasteiger charge is -2.18. The molecule has 0 bridgehead atoms.